The summed E-state index contributed by atoms with van der Waals surface area (Å²) < 4.78 is 81.6. The predicted molar refractivity (Wildman–Crippen MR) is 154 cm³/mol. The van der Waals surface area contributed by atoms with Crippen molar-refractivity contribution in [2.45, 2.75) is 11.3 Å². The predicted octanol–water partition coefficient (Wildman–Crippen LogP) is 1.36. The molecular weight excluding hydrogens is 576 g/mol. The molecule has 0 bridgehead atoms. The lowest BCUT2D eigenvalue weighted by molar-refractivity contribution is -0.0258. The van der Waals surface area contributed by atoms with E-state index in [-0.39, 0.29) is 4.90 Å². The van der Waals surface area contributed by atoms with Crippen LogP contribution in [-0.4, -0.2) is 148 Å². The molecule has 0 atom stereocenters. The Labute approximate surface area is 251 Å². The second kappa shape index (κ2) is 28.5. The van der Waals surface area contributed by atoms with Gasteiger partial charge in [-0.1, -0.05) is 12.1 Å². The van der Waals surface area contributed by atoms with Gasteiger partial charge < -0.3 is 47.4 Å². The molecule has 0 unspecified atom stereocenters. The van der Waals surface area contributed by atoms with Crippen LogP contribution >= 0.6 is 0 Å². The van der Waals surface area contributed by atoms with Crippen molar-refractivity contribution < 1.29 is 60.0 Å². The number of hydrogen-bond donors (Lipinski definition) is 0. The van der Waals surface area contributed by atoms with Gasteiger partial charge in [-0.15, -0.1) is 0 Å². The molecule has 1 aromatic rings. The highest BCUT2D eigenvalue weighted by molar-refractivity contribution is 7.86. The minimum absolute atomic E-state index is 0.136. The van der Waals surface area contributed by atoms with Gasteiger partial charge in [-0.2, -0.15) is 8.42 Å². The fraction of sp³-hybridized carbons (Fsp3) is 0.786. The van der Waals surface area contributed by atoms with Gasteiger partial charge in [0.05, 0.1) is 138 Å². The smallest absolute Gasteiger partial charge is 0.296 e. The van der Waals surface area contributed by atoms with Crippen LogP contribution in [0.15, 0.2) is 29.2 Å². The third kappa shape index (κ3) is 23.2. The molecule has 42 heavy (non-hydrogen) atoms. The van der Waals surface area contributed by atoms with E-state index < -0.39 is 10.1 Å². The topological polar surface area (TPSA) is 136 Å². The first-order valence-electron chi connectivity index (χ1n) is 14.2. The summed E-state index contributed by atoms with van der Waals surface area (Å²) in [5.41, 5.74) is 0.981. The van der Waals surface area contributed by atoms with Gasteiger partial charge in [-0.3, -0.25) is 4.18 Å². The molecule has 0 saturated heterocycles. The second-order valence-electron chi connectivity index (χ2n) is 8.52. The number of benzene rings is 1. The van der Waals surface area contributed by atoms with Crippen molar-refractivity contribution in [3.05, 3.63) is 29.8 Å². The molecule has 0 saturated carbocycles. The SMILES string of the molecule is COCCOCCOCCOCCOCCOCCOCCOCCOCCOCCc1ccc(S(=O)(=O)OC)cc1. The Morgan fingerprint density at radius 3 is 1.00 bits per heavy atom. The van der Waals surface area contributed by atoms with Crippen molar-refractivity contribution in [2.75, 3.05) is 140 Å². The highest BCUT2D eigenvalue weighted by Crippen LogP contribution is 2.13. The lowest BCUT2D eigenvalue weighted by Crippen LogP contribution is -2.15. The molecule has 0 spiro atoms. The van der Waals surface area contributed by atoms with Crippen molar-refractivity contribution in [3.8, 4) is 0 Å². The minimum atomic E-state index is -3.66. The third-order valence-corrected chi connectivity index (χ3v) is 6.66. The standard InChI is InChI=1S/C28H50O13S/c1-31-9-10-34-13-14-36-17-18-38-21-22-40-25-26-41-24-23-39-20-19-37-16-15-35-12-11-33-8-7-27-3-5-28(6-4-27)42(29,30)32-2/h3-6H,7-26H2,1-2H3. The number of ether oxygens (including phenoxy) is 10. The van der Waals surface area contributed by atoms with Crippen molar-refractivity contribution in [3.63, 3.8) is 0 Å². The van der Waals surface area contributed by atoms with Gasteiger partial charge in [0.15, 0.2) is 0 Å². The van der Waals surface area contributed by atoms with Gasteiger partial charge in [-0.25, -0.2) is 0 Å². The largest absolute Gasteiger partial charge is 0.382 e. The van der Waals surface area contributed by atoms with Crippen molar-refractivity contribution in [2.24, 2.45) is 0 Å². The number of hydrogen-bond acceptors (Lipinski definition) is 13. The monoisotopic (exact) mass is 626 g/mol. The molecule has 0 heterocycles. The van der Waals surface area contributed by atoms with E-state index >= 15 is 0 Å². The molecule has 1 rings (SSSR count). The molecule has 1 aromatic carbocycles. The Morgan fingerprint density at radius 2 is 0.714 bits per heavy atom. The summed E-state index contributed by atoms with van der Waals surface area (Å²) in [6.45, 7) is 9.73. The maximum atomic E-state index is 11.6. The lowest BCUT2D eigenvalue weighted by atomic mass is 10.2. The molecule has 0 N–H and O–H groups in total. The Balaban J connectivity index is 1.71. The first-order valence-corrected chi connectivity index (χ1v) is 15.6. The van der Waals surface area contributed by atoms with Gasteiger partial charge in [0.2, 0.25) is 0 Å². The average molecular weight is 627 g/mol. The first-order chi connectivity index (χ1) is 20.6. The fourth-order valence-corrected chi connectivity index (χ4v) is 3.77. The quantitative estimate of drug-likeness (QED) is 0.0842. The van der Waals surface area contributed by atoms with E-state index in [0.717, 1.165) is 12.7 Å². The summed E-state index contributed by atoms with van der Waals surface area (Å²) in [6, 6.07) is 6.55. The van der Waals surface area contributed by atoms with E-state index in [1.165, 1.54) is 12.1 Å². The van der Waals surface area contributed by atoms with Crippen LogP contribution in [0.25, 0.3) is 0 Å². The van der Waals surface area contributed by atoms with Crippen LogP contribution in [0.5, 0.6) is 0 Å². The van der Waals surface area contributed by atoms with Crippen LogP contribution in [-0.2, 0) is 68.1 Å². The lowest BCUT2D eigenvalue weighted by Gasteiger charge is -2.09. The second-order valence-corrected chi connectivity index (χ2v) is 10.2. The van der Waals surface area contributed by atoms with Gasteiger partial charge >= 0.3 is 0 Å². The van der Waals surface area contributed by atoms with E-state index in [9.17, 15) is 8.42 Å². The van der Waals surface area contributed by atoms with E-state index in [0.29, 0.717) is 132 Å². The van der Waals surface area contributed by atoms with Crippen LogP contribution in [0.3, 0.4) is 0 Å². The van der Waals surface area contributed by atoms with E-state index in [1.807, 2.05) is 0 Å². The Morgan fingerprint density at radius 1 is 0.429 bits per heavy atom. The van der Waals surface area contributed by atoms with Crippen LogP contribution in [0.1, 0.15) is 5.56 Å². The molecule has 0 fully saturated rings. The number of methoxy groups -OCH3 is 1. The van der Waals surface area contributed by atoms with E-state index in [4.69, 9.17) is 47.4 Å². The Kier molecular flexibility index (Phi) is 26.3. The van der Waals surface area contributed by atoms with Crippen LogP contribution in [0.2, 0.25) is 0 Å². The van der Waals surface area contributed by atoms with Gasteiger partial charge in [-0.05, 0) is 24.1 Å². The molecule has 246 valence electrons. The molecule has 0 radical (unpaired) electrons. The summed E-state index contributed by atoms with van der Waals surface area (Å²) >= 11 is 0. The normalized spacial score (nSPS) is 11.9. The highest BCUT2D eigenvalue weighted by atomic mass is 32.2. The van der Waals surface area contributed by atoms with Gasteiger partial charge in [0, 0.05) is 7.11 Å². The van der Waals surface area contributed by atoms with Gasteiger partial charge in [0.1, 0.15) is 0 Å². The molecule has 0 aliphatic heterocycles. The molecule has 0 amide bonds. The minimum Gasteiger partial charge on any atom is -0.382 e. The number of rotatable bonds is 32. The first kappa shape index (κ1) is 38.8. The Hall–Kier alpha value is -1.27. The van der Waals surface area contributed by atoms with E-state index in [2.05, 4.69) is 4.18 Å². The molecule has 0 aliphatic rings. The molecule has 13 nitrogen and oxygen atoms in total. The van der Waals surface area contributed by atoms with Gasteiger partial charge in [0.25, 0.3) is 10.1 Å². The third-order valence-electron chi connectivity index (χ3n) is 5.37. The van der Waals surface area contributed by atoms with Crippen molar-refractivity contribution in [1.82, 2.24) is 0 Å². The van der Waals surface area contributed by atoms with Crippen LogP contribution in [0.4, 0.5) is 0 Å². The zero-order valence-corrected chi connectivity index (χ0v) is 26.0. The van der Waals surface area contributed by atoms with E-state index in [1.54, 1.807) is 19.2 Å². The van der Waals surface area contributed by atoms with Crippen LogP contribution < -0.4 is 0 Å². The van der Waals surface area contributed by atoms with Crippen molar-refractivity contribution in [1.29, 1.82) is 0 Å². The average Bonchev–Trinajstić information content (AvgIpc) is 3.00. The molecule has 14 heteroatoms. The zero-order valence-electron chi connectivity index (χ0n) is 25.2. The maximum Gasteiger partial charge on any atom is 0.296 e. The molecule has 0 aliphatic carbocycles. The molecular formula is C28H50O13S. The maximum absolute atomic E-state index is 11.6. The summed E-state index contributed by atoms with van der Waals surface area (Å²) in [7, 11) is -0.876. The van der Waals surface area contributed by atoms with Crippen molar-refractivity contribution >= 4 is 10.1 Å². The zero-order chi connectivity index (χ0) is 30.4. The summed E-state index contributed by atoms with van der Waals surface area (Å²) in [5, 5.41) is 0. The van der Waals surface area contributed by atoms with Crippen LogP contribution in [0, 0.1) is 0 Å². The summed E-state index contributed by atoms with van der Waals surface area (Å²) in [4.78, 5) is 0.136. The Bertz CT molecular complexity index is 809. The summed E-state index contributed by atoms with van der Waals surface area (Å²) in [5.74, 6) is 0. The fourth-order valence-electron chi connectivity index (χ4n) is 3.11. The highest BCUT2D eigenvalue weighted by Gasteiger charge is 2.11. The summed E-state index contributed by atoms with van der Waals surface area (Å²) in [6.07, 6.45) is 0.676. The molecule has 0 aromatic heterocycles.